The maximum atomic E-state index is 10.0. The van der Waals surface area contributed by atoms with Crippen molar-refractivity contribution in [2.75, 3.05) is 6.54 Å². The van der Waals surface area contributed by atoms with Crippen molar-refractivity contribution in [2.45, 2.75) is 31.3 Å². The molecule has 0 unspecified atom stereocenters. The van der Waals surface area contributed by atoms with Crippen LogP contribution in [0.4, 0.5) is 0 Å². The summed E-state index contributed by atoms with van der Waals surface area (Å²) < 4.78 is 0. The van der Waals surface area contributed by atoms with Gasteiger partial charge in [0.25, 0.3) is 0 Å². The summed E-state index contributed by atoms with van der Waals surface area (Å²) in [7, 11) is 0. The van der Waals surface area contributed by atoms with E-state index in [1.54, 1.807) is 6.07 Å². The Balaban J connectivity index is 2.43. The minimum absolute atomic E-state index is 0.0464. The number of aliphatic hydroxyl groups excluding tert-OH is 1. The molecule has 1 aromatic rings. The van der Waals surface area contributed by atoms with Gasteiger partial charge in [0.05, 0.1) is 6.61 Å². The summed E-state index contributed by atoms with van der Waals surface area (Å²) >= 11 is 0. The van der Waals surface area contributed by atoms with E-state index in [0.717, 1.165) is 18.4 Å². The Kier molecular flexibility index (Phi) is 2.67. The number of phenols is 1. The van der Waals surface area contributed by atoms with Crippen LogP contribution in [0.15, 0.2) is 18.2 Å². The molecular formula is C12H17NO2. The number of hydrogen-bond donors (Lipinski definition) is 3. The molecule has 1 aromatic carbocycles. The predicted molar refractivity (Wildman–Crippen MR) is 58.6 cm³/mol. The fraction of sp³-hybridized carbons (Fsp3) is 0.500. The smallest absolute Gasteiger partial charge is 0.124 e. The molecule has 0 heterocycles. The summed E-state index contributed by atoms with van der Waals surface area (Å²) in [5, 5.41) is 19.1. The van der Waals surface area contributed by atoms with Crippen LogP contribution in [0.1, 0.15) is 30.4 Å². The molecule has 82 valence electrons. The van der Waals surface area contributed by atoms with Crippen LogP contribution in [0, 0.1) is 0 Å². The van der Waals surface area contributed by atoms with Crippen molar-refractivity contribution in [1.29, 1.82) is 0 Å². The van der Waals surface area contributed by atoms with Crippen LogP contribution in [0.25, 0.3) is 0 Å². The van der Waals surface area contributed by atoms with Gasteiger partial charge in [0, 0.05) is 23.1 Å². The third kappa shape index (κ3) is 1.52. The summed E-state index contributed by atoms with van der Waals surface area (Å²) in [6, 6.07) is 5.53. The molecule has 2 rings (SSSR count). The third-order valence-electron chi connectivity index (χ3n) is 3.56. The molecule has 4 N–H and O–H groups in total. The predicted octanol–water partition coefficient (Wildman–Crippen LogP) is 1.26. The molecule has 0 bridgehead atoms. The molecule has 1 aliphatic carbocycles. The molecule has 1 aliphatic rings. The molecule has 0 radical (unpaired) electrons. The van der Waals surface area contributed by atoms with Gasteiger partial charge < -0.3 is 15.9 Å². The minimum Gasteiger partial charge on any atom is -0.507 e. The Bertz CT molecular complexity index is 353. The number of rotatable bonds is 3. The van der Waals surface area contributed by atoms with Crippen molar-refractivity contribution >= 4 is 0 Å². The molecule has 0 aromatic heterocycles. The number of aliphatic hydroxyl groups is 1. The molecule has 0 aliphatic heterocycles. The van der Waals surface area contributed by atoms with Crippen LogP contribution in [-0.4, -0.2) is 16.8 Å². The first-order valence-electron chi connectivity index (χ1n) is 5.36. The van der Waals surface area contributed by atoms with Crippen molar-refractivity contribution in [3.05, 3.63) is 29.3 Å². The fourth-order valence-corrected chi connectivity index (χ4v) is 2.33. The SMILES string of the molecule is NCC1(c2cccc(CO)c2O)CCC1. The van der Waals surface area contributed by atoms with Crippen molar-refractivity contribution in [3.8, 4) is 5.75 Å². The summed E-state index contributed by atoms with van der Waals surface area (Å²) in [5.41, 5.74) is 7.24. The van der Waals surface area contributed by atoms with E-state index in [-0.39, 0.29) is 17.8 Å². The van der Waals surface area contributed by atoms with Crippen molar-refractivity contribution in [3.63, 3.8) is 0 Å². The lowest BCUT2D eigenvalue weighted by Gasteiger charge is -2.42. The van der Waals surface area contributed by atoms with Crippen LogP contribution >= 0.6 is 0 Å². The quantitative estimate of drug-likeness (QED) is 0.699. The Hall–Kier alpha value is -1.06. The average molecular weight is 207 g/mol. The van der Waals surface area contributed by atoms with E-state index in [0.29, 0.717) is 12.1 Å². The second kappa shape index (κ2) is 3.83. The first kappa shape index (κ1) is 10.5. The highest BCUT2D eigenvalue weighted by atomic mass is 16.3. The standard InChI is InChI=1S/C12H17NO2/c13-8-12(5-2-6-12)10-4-1-3-9(7-14)11(10)15/h1,3-4,14-15H,2,5-8,13H2. The molecule has 0 amide bonds. The molecule has 1 fully saturated rings. The van der Waals surface area contributed by atoms with Gasteiger partial charge in [0.15, 0.2) is 0 Å². The Morgan fingerprint density at radius 2 is 2.07 bits per heavy atom. The van der Waals surface area contributed by atoms with Gasteiger partial charge in [-0.15, -0.1) is 0 Å². The van der Waals surface area contributed by atoms with Gasteiger partial charge in [0.2, 0.25) is 0 Å². The van der Waals surface area contributed by atoms with E-state index < -0.39 is 0 Å². The second-order valence-electron chi connectivity index (χ2n) is 4.31. The summed E-state index contributed by atoms with van der Waals surface area (Å²) in [6.07, 6.45) is 3.23. The van der Waals surface area contributed by atoms with E-state index in [2.05, 4.69) is 0 Å². The van der Waals surface area contributed by atoms with Crippen molar-refractivity contribution in [2.24, 2.45) is 5.73 Å². The highest BCUT2D eigenvalue weighted by Crippen LogP contribution is 2.46. The number of para-hydroxylation sites is 1. The molecule has 1 saturated carbocycles. The molecule has 0 saturated heterocycles. The van der Waals surface area contributed by atoms with E-state index >= 15 is 0 Å². The third-order valence-corrected chi connectivity index (χ3v) is 3.56. The highest BCUT2D eigenvalue weighted by Gasteiger charge is 2.39. The highest BCUT2D eigenvalue weighted by molar-refractivity contribution is 5.46. The first-order valence-corrected chi connectivity index (χ1v) is 5.36. The monoisotopic (exact) mass is 207 g/mol. The summed E-state index contributed by atoms with van der Waals surface area (Å²) in [5.74, 6) is 0.227. The zero-order valence-electron chi connectivity index (χ0n) is 8.74. The van der Waals surface area contributed by atoms with Crippen LogP contribution < -0.4 is 5.73 Å². The minimum atomic E-state index is -0.125. The van der Waals surface area contributed by atoms with Gasteiger partial charge in [-0.3, -0.25) is 0 Å². The largest absolute Gasteiger partial charge is 0.507 e. The van der Waals surface area contributed by atoms with E-state index in [1.807, 2.05) is 12.1 Å². The lowest BCUT2D eigenvalue weighted by molar-refractivity contribution is 0.240. The molecule has 0 atom stereocenters. The zero-order chi connectivity index (χ0) is 10.9. The number of hydrogen-bond acceptors (Lipinski definition) is 3. The van der Waals surface area contributed by atoms with Gasteiger partial charge in [-0.25, -0.2) is 0 Å². The molecule has 3 heteroatoms. The summed E-state index contributed by atoms with van der Waals surface area (Å²) in [4.78, 5) is 0. The zero-order valence-corrected chi connectivity index (χ0v) is 8.74. The van der Waals surface area contributed by atoms with Gasteiger partial charge in [0.1, 0.15) is 5.75 Å². The molecule has 3 nitrogen and oxygen atoms in total. The van der Waals surface area contributed by atoms with E-state index in [4.69, 9.17) is 10.8 Å². The Morgan fingerprint density at radius 1 is 1.33 bits per heavy atom. The van der Waals surface area contributed by atoms with Crippen LogP contribution in [0.5, 0.6) is 5.75 Å². The van der Waals surface area contributed by atoms with Gasteiger partial charge in [-0.05, 0) is 12.8 Å². The topological polar surface area (TPSA) is 66.5 Å². The van der Waals surface area contributed by atoms with Crippen LogP contribution in [0.3, 0.4) is 0 Å². The molecule has 15 heavy (non-hydrogen) atoms. The Morgan fingerprint density at radius 3 is 2.53 bits per heavy atom. The van der Waals surface area contributed by atoms with E-state index in [9.17, 15) is 5.11 Å². The number of benzene rings is 1. The second-order valence-corrected chi connectivity index (χ2v) is 4.31. The van der Waals surface area contributed by atoms with Gasteiger partial charge >= 0.3 is 0 Å². The number of aromatic hydroxyl groups is 1. The maximum absolute atomic E-state index is 10.0. The lowest BCUT2D eigenvalue weighted by Crippen LogP contribution is -2.41. The van der Waals surface area contributed by atoms with Crippen molar-refractivity contribution < 1.29 is 10.2 Å². The van der Waals surface area contributed by atoms with Crippen molar-refractivity contribution in [1.82, 2.24) is 0 Å². The van der Waals surface area contributed by atoms with Crippen LogP contribution in [-0.2, 0) is 12.0 Å². The molecular weight excluding hydrogens is 190 g/mol. The first-order chi connectivity index (χ1) is 7.23. The average Bonchev–Trinajstić information content (AvgIpc) is 2.20. The van der Waals surface area contributed by atoms with E-state index in [1.165, 1.54) is 6.42 Å². The lowest BCUT2D eigenvalue weighted by atomic mass is 9.64. The van der Waals surface area contributed by atoms with Gasteiger partial charge in [-0.1, -0.05) is 24.6 Å². The van der Waals surface area contributed by atoms with Crippen LogP contribution in [0.2, 0.25) is 0 Å². The normalized spacial score (nSPS) is 18.5. The summed E-state index contributed by atoms with van der Waals surface area (Å²) in [6.45, 7) is 0.440. The fourth-order valence-electron chi connectivity index (χ4n) is 2.33. The number of nitrogens with two attached hydrogens (primary N) is 1. The maximum Gasteiger partial charge on any atom is 0.124 e. The van der Waals surface area contributed by atoms with Gasteiger partial charge in [-0.2, -0.15) is 0 Å². The molecule has 0 spiro atoms. The Labute approximate surface area is 89.5 Å².